The van der Waals surface area contributed by atoms with Crippen LogP contribution in [0.5, 0.6) is 0 Å². The second-order valence-corrected chi connectivity index (χ2v) is 5.93. The second kappa shape index (κ2) is 6.23. The van der Waals surface area contributed by atoms with Gasteiger partial charge in [0.2, 0.25) is 0 Å². The molecule has 2 N–H and O–H groups in total. The van der Waals surface area contributed by atoms with Gasteiger partial charge in [0.05, 0.1) is 0 Å². The maximum absolute atomic E-state index is 6.03. The summed E-state index contributed by atoms with van der Waals surface area (Å²) in [5, 5.41) is 0. The topological polar surface area (TPSA) is 26.0 Å². The molecule has 0 radical (unpaired) electrons. The highest BCUT2D eigenvalue weighted by atomic mass is 14.5. The zero-order chi connectivity index (χ0) is 14.7. The smallest absolute Gasteiger partial charge is 0.000187 e. The van der Waals surface area contributed by atoms with Gasteiger partial charge in [0.25, 0.3) is 0 Å². The Labute approximate surface area is 122 Å². The molecule has 0 spiro atoms. The standard InChI is InChI=1S/C19H25N/c1-13-6-5-7-17(10-13)18(12-20)11-19-15(3)8-14(2)9-16(19)4/h5-10,18H,11-12,20H2,1-4H3. The van der Waals surface area contributed by atoms with Crippen molar-refractivity contribution in [2.45, 2.75) is 40.0 Å². The summed E-state index contributed by atoms with van der Waals surface area (Å²) in [5.41, 5.74) is 14.2. The Balaban J connectivity index is 2.32. The van der Waals surface area contributed by atoms with Gasteiger partial charge < -0.3 is 5.73 Å². The zero-order valence-electron chi connectivity index (χ0n) is 13.0. The van der Waals surface area contributed by atoms with E-state index < -0.39 is 0 Å². The first kappa shape index (κ1) is 14.8. The normalized spacial score (nSPS) is 12.4. The Morgan fingerprint density at radius 2 is 1.55 bits per heavy atom. The van der Waals surface area contributed by atoms with Crippen LogP contribution in [-0.2, 0) is 6.42 Å². The molecule has 0 aliphatic carbocycles. The van der Waals surface area contributed by atoms with Crippen LogP contribution < -0.4 is 5.73 Å². The molecule has 0 amide bonds. The predicted molar refractivity (Wildman–Crippen MR) is 87.3 cm³/mol. The van der Waals surface area contributed by atoms with Gasteiger partial charge in [0.1, 0.15) is 0 Å². The molecule has 0 saturated heterocycles. The van der Waals surface area contributed by atoms with Crippen LogP contribution in [0.1, 0.15) is 39.3 Å². The Morgan fingerprint density at radius 1 is 0.900 bits per heavy atom. The average Bonchev–Trinajstić information content (AvgIpc) is 2.38. The van der Waals surface area contributed by atoms with Crippen LogP contribution in [0.2, 0.25) is 0 Å². The van der Waals surface area contributed by atoms with Crippen LogP contribution >= 0.6 is 0 Å². The van der Waals surface area contributed by atoms with Crippen LogP contribution in [0.15, 0.2) is 36.4 Å². The van der Waals surface area contributed by atoms with Gasteiger partial charge in [-0.05, 0) is 62.9 Å². The van der Waals surface area contributed by atoms with Crippen molar-refractivity contribution in [3.8, 4) is 0 Å². The maximum atomic E-state index is 6.03. The highest BCUT2D eigenvalue weighted by molar-refractivity contribution is 5.39. The van der Waals surface area contributed by atoms with Gasteiger partial charge in [0, 0.05) is 5.92 Å². The lowest BCUT2D eigenvalue weighted by Gasteiger charge is -2.19. The molecule has 1 atom stereocenters. The molecule has 2 aromatic carbocycles. The highest BCUT2D eigenvalue weighted by Crippen LogP contribution is 2.25. The van der Waals surface area contributed by atoms with E-state index in [0.29, 0.717) is 12.5 Å². The van der Waals surface area contributed by atoms with Gasteiger partial charge in [-0.25, -0.2) is 0 Å². The van der Waals surface area contributed by atoms with Crippen molar-refractivity contribution >= 4 is 0 Å². The highest BCUT2D eigenvalue weighted by Gasteiger charge is 2.14. The summed E-state index contributed by atoms with van der Waals surface area (Å²) in [4.78, 5) is 0. The summed E-state index contributed by atoms with van der Waals surface area (Å²) in [6.07, 6.45) is 1.03. The fourth-order valence-electron chi connectivity index (χ4n) is 3.04. The minimum absolute atomic E-state index is 0.398. The lowest BCUT2D eigenvalue weighted by molar-refractivity contribution is 0.688. The van der Waals surface area contributed by atoms with E-state index in [4.69, 9.17) is 5.73 Å². The summed E-state index contributed by atoms with van der Waals surface area (Å²) < 4.78 is 0. The van der Waals surface area contributed by atoms with E-state index in [1.807, 2.05) is 0 Å². The monoisotopic (exact) mass is 267 g/mol. The first-order chi connectivity index (χ1) is 9.51. The van der Waals surface area contributed by atoms with Gasteiger partial charge in [-0.1, -0.05) is 47.5 Å². The minimum atomic E-state index is 0.398. The number of nitrogens with two attached hydrogens (primary N) is 1. The van der Waals surface area contributed by atoms with Crippen molar-refractivity contribution in [1.29, 1.82) is 0 Å². The minimum Gasteiger partial charge on any atom is -0.330 e. The lowest BCUT2D eigenvalue weighted by atomic mass is 9.87. The van der Waals surface area contributed by atoms with E-state index in [0.717, 1.165) is 6.42 Å². The Morgan fingerprint density at radius 3 is 2.10 bits per heavy atom. The van der Waals surface area contributed by atoms with E-state index >= 15 is 0 Å². The maximum Gasteiger partial charge on any atom is 0.000187 e. The van der Waals surface area contributed by atoms with Crippen LogP contribution in [0.25, 0.3) is 0 Å². The first-order valence-electron chi connectivity index (χ1n) is 7.34. The number of hydrogen-bond acceptors (Lipinski definition) is 1. The van der Waals surface area contributed by atoms with E-state index in [1.54, 1.807) is 0 Å². The third kappa shape index (κ3) is 3.29. The van der Waals surface area contributed by atoms with Gasteiger partial charge in [-0.2, -0.15) is 0 Å². The molecular weight excluding hydrogens is 242 g/mol. The fraction of sp³-hybridized carbons (Fsp3) is 0.368. The average molecular weight is 267 g/mol. The van der Waals surface area contributed by atoms with Crippen molar-refractivity contribution < 1.29 is 0 Å². The van der Waals surface area contributed by atoms with E-state index in [1.165, 1.54) is 33.4 Å². The lowest BCUT2D eigenvalue weighted by Crippen LogP contribution is -2.16. The van der Waals surface area contributed by atoms with Crippen molar-refractivity contribution in [3.63, 3.8) is 0 Å². The van der Waals surface area contributed by atoms with Gasteiger partial charge >= 0.3 is 0 Å². The SMILES string of the molecule is Cc1cccc(C(CN)Cc2c(C)cc(C)cc2C)c1. The van der Waals surface area contributed by atoms with Gasteiger partial charge in [-0.3, -0.25) is 0 Å². The largest absolute Gasteiger partial charge is 0.330 e. The fourth-order valence-corrected chi connectivity index (χ4v) is 3.04. The van der Waals surface area contributed by atoms with Crippen molar-refractivity contribution in [2.24, 2.45) is 5.73 Å². The van der Waals surface area contributed by atoms with Gasteiger partial charge in [0.15, 0.2) is 0 Å². The van der Waals surface area contributed by atoms with Crippen LogP contribution in [0.4, 0.5) is 0 Å². The summed E-state index contributed by atoms with van der Waals surface area (Å²) in [6, 6.07) is 13.3. The molecule has 0 aliphatic rings. The van der Waals surface area contributed by atoms with E-state index in [2.05, 4.69) is 64.1 Å². The number of hydrogen-bond donors (Lipinski definition) is 1. The summed E-state index contributed by atoms with van der Waals surface area (Å²) in [5.74, 6) is 0.398. The molecule has 1 nitrogen and oxygen atoms in total. The molecule has 106 valence electrons. The molecule has 20 heavy (non-hydrogen) atoms. The van der Waals surface area contributed by atoms with Crippen LogP contribution in [0, 0.1) is 27.7 Å². The second-order valence-electron chi connectivity index (χ2n) is 5.93. The van der Waals surface area contributed by atoms with Gasteiger partial charge in [-0.15, -0.1) is 0 Å². The molecule has 1 heteroatoms. The Hall–Kier alpha value is -1.60. The Kier molecular flexibility index (Phi) is 4.61. The van der Waals surface area contributed by atoms with Crippen LogP contribution in [-0.4, -0.2) is 6.54 Å². The Bertz CT molecular complexity index is 575. The molecular formula is C19H25N. The molecule has 0 bridgehead atoms. The van der Waals surface area contributed by atoms with E-state index in [-0.39, 0.29) is 0 Å². The molecule has 0 fully saturated rings. The summed E-state index contributed by atoms with van der Waals surface area (Å²) in [7, 11) is 0. The van der Waals surface area contributed by atoms with Crippen molar-refractivity contribution in [3.05, 3.63) is 69.8 Å². The van der Waals surface area contributed by atoms with Crippen molar-refractivity contribution in [2.75, 3.05) is 6.54 Å². The molecule has 1 unspecified atom stereocenters. The number of benzene rings is 2. The number of rotatable bonds is 4. The molecule has 0 aromatic heterocycles. The third-order valence-electron chi connectivity index (χ3n) is 4.09. The summed E-state index contributed by atoms with van der Waals surface area (Å²) in [6.45, 7) is 9.40. The zero-order valence-corrected chi connectivity index (χ0v) is 13.0. The third-order valence-corrected chi connectivity index (χ3v) is 4.09. The number of aryl methyl sites for hydroxylation is 4. The van der Waals surface area contributed by atoms with Crippen LogP contribution in [0.3, 0.4) is 0 Å². The predicted octanol–water partition coefficient (Wildman–Crippen LogP) is 4.21. The van der Waals surface area contributed by atoms with Crippen molar-refractivity contribution in [1.82, 2.24) is 0 Å². The summed E-state index contributed by atoms with van der Waals surface area (Å²) >= 11 is 0. The molecule has 2 aromatic rings. The molecule has 2 rings (SSSR count). The molecule has 0 aliphatic heterocycles. The van der Waals surface area contributed by atoms with E-state index in [9.17, 15) is 0 Å². The first-order valence-corrected chi connectivity index (χ1v) is 7.34. The molecule has 0 heterocycles. The molecule has 0 saturated carbocycles. The quantitative estimate of drug-likeness (QED) is 0.882.